The molecule has 3 N–H and O–H groups in total. The molecule has 6 nitrogen and oxygen atoms in total. The molecule has 1 amide bonds. The Labute approximate surface area is 228 Å². The number of benzene rings is 5. The number of fused-ring (bicyclic) bond motifs is 4. The summed E-state index contributed by atoms with van der Waals surface area (Å²) in [5.74, 6) is -1.32. The number of hydrogen-bond acceptors (Lipinski definition) is 3. The summed E-state index contributed by atoms with van der Waals surface area (Å²) in [7, 11) is 0. The van der Waals surface area contributed by atoms with Crippen LogP contribution in [0.5, 0.6) is 5.75 Å². The maximum atomic E-state index is 12.6. The van der Waals surface area contributed by atoms with Crippen LogP contribution in [0.1, 0.15) is 15.9 Å². The van der Waals surface area contributed by atoms with Crippen molar-refractivity contribution in [2.24, 2.45) is 5.73 Å². The number of amides is 1. The number of aromatic nitrogens is 1. The minimum Gasteiger partial charge on any atom is -0.481 e. The van der Waals surface area contributed by atoms with Gasteiger partial charge in [0.2, 0.25) is 5.91 Å². The second-order valence-corrected chi connectivity index (χ2v) is 9.78. The number of carboxylic acids is 1. The van der Waals surface area contributed by atoms with Crippen LogP contribution in [0.4, 0.5) is 0 Å². The van der Waals surface area contributed by atoms with Crippen LogP contribution in [0.3, 0.4) is 0 Å². The molecule has 0 aliphatic carbocycles. The molecule has 39 heavy (non-hydrogen) atoms. The fourth-order valence-electron chi connectivity index (χ4n) is 5.26. The SMILES string of the molecule is NC(=O)c1cccc2c1c1c(OCC(=O)O)cc(-c3ccc(Cl)cc3)cc1n2Cc1cccc2ccccc12. The van der Waals surface area contributed by atoms with Crippen LogP contribution in [0.2, 0.25) is 5.02 Å². The van der Waals surface area contributed by atoms with Gasteiger partial charge in [0, 0.05) is 22.5 Å². The average molecular weight is 535 g/mol. The monoisotopic (exact) mass is 534 g/mol. The molecule has 0 atom stereocenters. The van der Waals surface area contributed by atoms with Gasteiger partial charge in [-0.1, -0.05) is 72.3 Å². The summed E-state index contributed by atoms with van der Waals surface area (Å²) < 4.78 is 7.98. The number of rotatable bonds is 7. The molecule has 0 aliphatic rings. The molecule has 1 heterocycles. The highest BCUT2D eigenvalue weighted by Crippen LogP contribution is 2.41. The van der Waals surface area contributed by atoms with Gasteiger partial charge >= 0.3 is 5.97 Å². The highest BCUT2D eigenvalue weighted by atomic mass is 35.5. The molecule has 1 aromatic heterocycles. The second kappa shape index (κ2) is 9.82. The summed E-state index contributed by atoms with van der Waals surface area (Å²) in [6.45, 7) is -0.0279. The van der Waals surface area contributed by atoms with Crippen molar-refractivity contribution in [3.05, 3.63) is 113 Å². The van der Waals surface area contributed by atoms with E-state index in [0.717, 1.165) is 38.5 Å². The average Bonchev–Trinajstić information content (AvgIpc) is 3.25. The molecule has 0 spiro atoms. The van der Waals surface area contributed by atoms with Crippen LogP contribution in [0.15, 0.2) is 97.1 Å². The summed E-state index contributed by atoms with van der Waals surface area (Å²) in [5, 5.41) is 13.5. The lowest BCUT2D eigenvalue weighted by Gasteiger charge is -2.13. The van der Waals surface area contributed by atoms with Gasteiger partial charge < -0.3 is 20.1 Å². The fourth-order valence-corrected chi connectivity index (χ4v) is 5.39. The zero-order chi connectivity index (χ0) is 27.1. The third-order valence-electron chi connectivity index (χ3n) is 6.96. The molecule has 6 aromatic rings. The molecule has 0 radical (unpaired) electrons. The van der Waals surface area contributed by atoms with Gasteiger partial charge in [-0.2, -0.15) is 0 Å². The number of carbonyl (C=O) groups excluding carboxylic acids is 1. The first-order chi connectivity index (χ1) is 18.9. The van der Waals surface area contributed by atoms with E-state index in [1.54, 1.807) is 30.3 Å². The van der Waals surface area contributed by atoms with E-state index in [2.05, 4.69) is 28.8 Å². The third-order valence-corrected chi connectivity index (χ3v) is 7.21. The molecule has 5 aromatic carbocycles. The van der Waals surface area contributed by atoms with Gasteiger partial charge in [0.25, 0.3) is 0 Å². The predicted octanol–water partition coefficient (Wildman–Crippen LogP) is 6.88. The van der Waals surface area contributed by atoms with Crippen LogP contribution in [0.25, 0.3) is 43.7 Å². The lowest BCUT2D eigenvalue weighted by Crippen LogP contribution is -2.11. The van der Waals surface area contributed by atoms with Gasteiger partial charge in [0.1, 0.15) is 5.75 Å². The van der Waals surface area contributed by atoms with Crippen LogP contribution < -0.4 is 10.5 Å². The van der Waals surface area contributed by atoms with E-state index in [0.29, 0.717) is 33.7 Å². The lowest BCUT2D eigenvalue weighted by molar-refractivity contribution is -0.139. The number of nitrogens with two attached hydrogens (primary N) is 1. The van der Waals surface area contributed by atoms with E-state index in [1.165, 1.54) is 0 Å². The topological polar surface area (TPSA) is 94.6 Å². The Morgan fingerprint density at radius 1 is 0.821 bits per heavy atom. The van der Waals surface area contributed by atoms with Gasteiger partial charge in [-0.05, 0) is 63.9 Å². The van der Waals surface area contributed by atoms with Crippen molar-refractivity contribution in [1.29, 1.82) is 0 Å². The number of primary amides is 1. The van der Waals surface area contributed by atoms with E-state index in [1.807, 2.05) is 42.5 Å². The number of aliphatic carboxylic acids is 1. The van der Waals surface area contributed by atoms with E-state index < -0.39 is 18.5 Å². The van der Waals surface area contributed by atoms with Crippen LogP contribution in [0, 0.1) is 0 Å². The maximum Gasteiger partial charge on any atom is 0.341 e. The molecule has 0 saturated carbocycles. The first kappa shape index (κ1) is 24.5. The van der Waals surface area contributed by atoms with Crippen molar-refractivity contribution in [2.45, 2.75) is 6.54 Å². The standard InChI is InChI=1S/C32H23ClN2O4/c33-23-13-11-19(12-14-23)22-15-27-31(28(16-22)39-18-29(36)37)30-25(32(34)38)9-4-10-26(30)35(27)17-21-7-3-6-20-5-1-2-8-24(20)21/h1-16H,17-18H2,(H2,34,38)(H,36,37). The Morgan fingerprint density at radius 3 is 2.33 bits per heavy atom. The van der Waals surface area contributed by atoms with Gasteiger partial charge in [-0.25, -0.2) is 4.79 Å². The lowest BCUT2D eigenvalue weighted by atomic mass is 10.0. The Balaban J connectivity index is 1.69. The van der Waals surface area contributed by atoms with E-state index in [9.17, 15) is 14.7 Å². The number of halogens is 1. The Kier molecular flexibility index (Phi) is 6.17. The van der Waals surface area contributed by atoms with Gasteiger partial charge in [-0.15, -0.1) is 0 Å². The molecule has 6 rings (SSSR count). The molecule has 0 bridgehead atoms. The largest absolute Gasteiger partial charge is 0.481 e. The van der Waals surface area contributed by atoms with Gasteiger partial charge in [0.15, 0.2) is 6.61 Å². The fraction of sp³-hybridized carbons (Fsp3) is 0.0625. The van der Waals surface area contributed by atoms with E-state index >= 15 is 0 Å². The van der Waals surface area contributed by atoms with Crippen LogP contribution >= 0.6 is 11.6 Å². The van der Waals surface area contributed by atoms with Crippen LogP contribution in [-0.4, -0.2) is 28.2 Å². The summed E-state index contributed by atoms with van der Waals surface area (Å²) in [6, 6.07) is 31.0. The normalized spacial score (nSPS) is 11.3. The minimum absolute atomic E-state index is 0.341. The molecule has 0 saturated heterocycles. The molecular formula is C32H23ClN2O4. The highest BCUT2D eigenvalue weighted by molar-refractivity contribution is 6.30. The molecular weight excluding hydrogens is 512 g/mol. The minimum atomic E-state index is -1.10. The summed E-state index contributed by atoms with van der Waals surface area (Å²) in [4.78, 5) is 24.1. The first-order valence-corrected chi connectivity index (χ1v) is 12.7. The van der Waals surface area contributed by atoms with Crippen molar-refractivity contribution in [2.75, 3.05) is 6.61 Å². The van der Waals surface area contributed by atoms with Crippen molar-refractivity contribution in [1.82, 2.24) is 4.57 Å². The smallest absolute Gasteiger partial charge is 0.341 e. The predicted molar refractivity (Wildman–Crippen MR) is 155 cm³/mol. The molecule has 0 fully saturated rings. The second-order valence-electron chi connectivity index (χ2n) is 9.35. The summed E-state index contributed by atoms with van der Waals surface area (Å²) in [5.41, 5.74) is 10.6. The van der Waals surface area contributed by atoms with Crippen molar-refractivity contribution in [3.8, 4) is 16.9 Å². The van der Waals surface area contributed by atoms with Crippen molar-refractivity contribution in [3.63, 3.8) is 0 Å². The number of carbonyl (C=O) groups is 2. The number of ether oxygens (including phenoxy) is 1. The first-order valence-electron chi connectivity index (χ1n) is 12.4. The van der Waals surface area contributed by atoms with Crippen LogP contribution in [-0.2, 0) is 11.3 Å². The van der Waals surface area contributed by atoms with E-state index in [4.69, 9.17) is 22.1 Å². The summed E-state index contributed by atoms with van der Waals surface area (Å²) >= 11 is 6.14. The number of carboxylic acid groups (broad SMARTS) is 1. The Hall–Kier alpha value is -4.81. The van der Waals surface area contributed by atoms with Gasteiger partial charge in [-0.3, -0.25) is 4.79 Å². The number of nitrogens with zero attached hydrogens (tertiary/aromatic N) is 1. The Morgan fingerprint density at radius 2 is 1.56 bits per heavy atom. The van der Waals surface area contributed by atoms with Gasteiger partial charge in [0.05, 0.1) is 16.4 Å². The maximum absolute atomic E-state index is 12.6. The molecule has 192 valence electrons. The van der Waals surface area contributed by atoms with Crippen molar-refractivity contribution >= 4 is 56.1 Å². The third kappa shape index (κ3) is 4.45. The molecule has 0 aliphatic heterocycles. The summed E-state index contributed by atoms with van der Waals surface area (Å²) in [6.07, 6.45) is 0. The Bertz CT molecular complexity index is 1900. The highest BCUT2D eigenvalue weighted by Gasteiger charge is 2.22. The quantitative estimate of drug-likeness (QED) is 0.233. The molecule has 7 heteroatoms. The zero-order valence-corrected chi connectivity index (χ0v) is 21.5. The zero-order valence-electron chi connectivity index (χ0n) is 20.7. The van der Waals surface area contributed by atoms with E-state index in [-0.39, 0.29) is 0 Å². The number of hydrogen-bond donors (Lipinski definition) is 2. The van der Waals surface area contributed by atoms with Crippen molar-refractivity contribution < 1.29 is 19.4 Å². The molecule has 0 unspecified atom stereocenters.